The summed E-state index contributed by atoms with van der Waals surface area (Å²) in [5, 5.41) is 0. The van der Waals surface area contributed by atoms with E-state index in [1.807, 2.05) is 0 Å². The lowest BCUT2D eigenvalue weighted by Gasteiger charge is -1.90. The van der Waals surface area contributed by atoms with Gasteiger partial charge in [0.1, 0.15) is 0 Å². The Morgan fingerprint density at radius 2 is 2.11 bits per heavy atom. The molecule has 0 unspecified atom stereocenters. The first-order chi connectivity index (χ1) is 4.41. The molecule has 0 bridgehead atoms. The van der Waals surface area contributed by atoms with Gasteiger partial charge in [-0.25, -0.2) is 0 Å². The fraction of sp³-hybridized carbons (Fsp3) is 0.750. The number of hydrogen-bond donors (Lipinski definition) is 0. The second-order valence-corrected chi connectivity index (χ2v) is 3.61. The summed E-state index contributed by atoms with van der Waals surface area (Å²) in [6, 6.07) is 2.83. The lowest BCUT2D eigenvalue weighted by atomic mass is 10.4. The Kier molecular flexibility index (Phi) is 7.92. The zero-order valence-electron chi connectivity index (χ0n) is 6.48. The van der Waals surface area contributed by atoms with Crippen LogP contribution in [0.4, 0.5) is 0 Å². The average molecular weight is 140 g/mol. The lowest BCUT2D eigenvalue weighted by molar-refractivity contribution is 1.05. The van der Waals surface area contributed by atoms with Crippen molar-refractivity contribution < 1.29 is 0 Å². The zero-order chi connectivity index (χ0) is 6.95. The van der Waals surface area contributed by atoms with E-state index in [1.165, 1.54) is 34.4 Å². The summed E-state index contributed by atoms with van der Waals surface area (Å²) in [4.78, 5) is 0. The van der Waals surface area contributed by atoms with Crippen LogP contribution in [0, 0.1) is 0 Å². The maximum Gasteiger partial charge on any atom is 0.0381 e. The molecule has 0 nitrogen and oxygen atoms in total. The molecule has 0 amide bonds. The van der Waals surface area contributed by atoms with E-state index in [9.17, 15) is 0 Å². The predicted molar refractivity (Wildman–Crippen MR) is 45.1 cm³/mol. The van der Waals surface area contributed by atoms with Crippen LogP contribution in [-0.4, -0.2) is 9.52 Å². The van der Waals surface area contributed by atoms with Gasteiger partial charge in [-0.2, -0.15) is 0 Å². The van der Waals surface area contributed by atoms with Gasteiger partial charge in [-0.15, -0.1) is 0 Å². The first-order valence-corrected chi connectivity index (χ1v) is 5.15. The van der Waals surface area contributed by atoms with Gasteiger partial charge in [-0.3, -0.25) is 0 Å². The average Bonchev–Trinajstić information content (AvgIpc) is 1.89. The Bertz CT molecular complexity index is 67.0. The molecule has 0 atom stereocenters. The molecule has 0 aromatic carbocycles. The highest BCUT2D eigenvalue weighted by molar-refractivity contribution is 6.35. The summed E-state index contributed by atoms with van der Waals surface area (Å²) in [5.41, 5.74) is 0. The van der Waals surface area contributed by atoms with Crippen LogP contribution in [0.25, 0.3) is 0 Å². The van der Waals surface area contributed by atoms with Crippen LogP contribution >= 0.6 is 0 Å². The first kappa shape index (κ1) is 8.96. The molecular weight excluding hydrogens is 124 g/mol. The largest absolute Gasteiger partial charge is 0.0917 e. The molecule has 0 N–H and O–H groups in total. The molecule has 0 aliphatic heterocycles. The fourth-order valence-electron chi connectivity index (χ4n) is 0.654. The number of hydrogen-bond acceptors (Lipinski definition) is 0. The molecule has 2 radical (unpaired) electrons. The molecule has 0 aliphatic carbocycles. The zero-order valence-corrected chi connectivity index (χ0v) is 7.48. The molecule has 0 saturated heterocycles. The fourth-order valence-corrected chi connectivity index (χ4v) is 1.63. The van der Waals surface area contributed by atoms with Gasteiger partial charge in [0, 0.05) is 9.52 Å². The summed E-state index contributed by atoms with van der Waals surface area (Å²) in [6.45, 7) is 4.34. The summed E-state index contributed by atoms with van der Waals surface area (Å²) >= 11 is 0. The number of allylic oxidation sites excluding steroid dienone is 2. The van der Waals surface area contributed by atoms with Crippen molar-refractivity contribution in [1.82, 2.24) is 0 Å². The van der Waals surface area contributed by atoms with E-state index in [0.29, 0.717) is 0 Å². The molecule has 0 aliphatic rings. The molecule has 0 aromatic rings. The summed E-state index contributed by atoms with van der Waals surface area (Å²) in [7, 11) is 1.19. The smallest absolute Gasteiger partial charge is 0.0381 e. The molecular formula is C8H16Si. The SMILES string of the molecule is C/C=C/CC[Si]CCC. The maximum atomic E-state index is 2.25. The monoisotopic (exact) mass is 140 g/mol. The Morgan fingerprint density at radius 1 is 1.33 bits per heavy atom. The molecule has 0 saturated carbocycles. The minimum atomic E-state index is 1.19. The van der Waals surface area contributed by atoms with Gasteiger partial charge in [0.2, 0.25) is 0 Å². The molecule has 0 heterocycles. The van der Waals surface area contributed by atoms with Crippen molar-refractivity contribution in [1.29, 1.82) is 0 Å². The molecule has 1 heteroatoms. The summed E-state index contributed by atoms with van der Waals surface area (Å²) in [6.07, 6.45) is 7.03. The normalized spacial score (nSPS) is 10.9. The van der Waals surface area contributed by atoms with Crippen molar-refractivity contribution in [2.75, 3.05) is 0 Å². The van der Waals surface area contributed by atoms with Crippen molar-refractivity contribution in [3.8, 4) is 0 Å². The van der Waals surface area contributed by atoms with E-state index in [1.54, 1.807) is 0 Å². The molecule has 0 rings (SSSR count). The summed E-state index contributed by atoms with van der Waals surface area (Å²) < 4.78 is 0. The topological polar surface area (TPSA) is 0 Å². The number of rotatable bonds is 5. The quantitative estimate of drug-likeness (QED) is 0.313. The highest BCUT2D eigenvalue weighted by Gasteiger charge is 1.84. The minimum absolute atomic E-state index is 1.19. The van der Waals surface area contributed by atoms with E-state index in [2.05, 4.69) is 26.0 Å². The van der Waals surface area contributed by atoms with Crippen LogP contribution in [0.3, 0.4) is 0 Å². The van der Waals surface area contributed by atoms with Crippen molar-refractivity contribution in [2.45, 2.75) is 38.8 Å². The van der Waals surface area contributed by atoms with Crippen molar-refractivity contribution in [3.63, 3.8) is 0 Å². The summed E-state index contributed by atoms with van der Waals surface area (Å²) in [5.74, 6) is 0. The Hall–Kier alpha value is -0.0431. The highest BCUT2D eigenvalue weighted by atomic mass is 28.2. The highest BCUT2D eigenvalue weighted by Crippen LogP contribution is 1.95. The molecule has 0 spiro atoms. The molecule has 52 valence electrons. The van der Waals surface area contributed by atoms with Gasteiger partial charge in [-0.1, -0.05) is 37.6 Å². The van der Waals surface area contributed by atoms with E-state index in [4.69, 9.17) is 0 Å². The van der Waals surface area contributed by atoms with Gasteiger partial charge in [-0.05, 0) is 13.3 Å². The van der Waals surface area contributed by atoms with Gasteiger partial charge < -0.3 is 0 Å². The Balaban J connectivity index is 2.75. The maximum absolute atomic E-state index is 2.25. The van der Waals surface area contributed by atoms with Crippen molar-refractivity contribution >= 4 is 9.52 Å². The predicted octanol–water partition coefficient (Wildman–Crippen LogP) is 2.90. The van der Waals surface area contributed by atoms with Crippen LogP contribution in [0.5, 0.6) is 0 Å². The molecule has 9 heavy (non-hydrogen) atoms. The lowest BCUT2D eigenvalue weighted by Crippen LogP contribution is -1.85. The third-order valence-corrected chi connectivity index (χ3v) is 2.65. The first-order valence-electron chi connectivity index (χ1n) is 3.73. The standard InChI is InChI=1S/C8H16Si/c1-3-5-6-8-9-7-4-2/h3,5H,4,6-8H2,1-2H3/b5-3+. The van der Waals surface area contributed by atoms with Crippen LogP contribution < -0.4 is 0 Å². The third kappa shape index (κ3) is 7.96. The van der Waals surface area contributed by atoms with E-state index in [0.717, 1.165) is 0 Å². The van der Waals surface area contributed by atoms with Crippen molar-refractivity contribution in [3.05, 3.63) is 12.2 Å². The van der Waals surface area contributed by atoms with Crippen LogP contribution in [-0.2, 0) is 0 Å². The second-order valence-electron chi connectivity index (χ2n) is 2.11. The van der Waals surface area contributed by atoms with Gasteiger partial charge in [0.25, 0.3) is 0 Å². The van der Waals surface area contributed by atoms with Crippen LogP contribution in [0.1, 0.15) is 26.7 Å². The van der Waals surface area contributed by atoms with Gasteiger partial charge in [0.15, 0.2) is 0 Å². The van der Waals surface area contributed by atoms with E-state index >= 15 is 0 Å². The Morgan fingerprint density at radius 3 is 2.67 bits per heavy atom. The van der Waals surface area contributed by atoms with Gasteiger partial charge >= 0.3 is 0 Å². The van der Waals surface area contributed by atoms with Gasteiger partial charge in [0.05, 0.1) is 0 Å². The third-order valence-electron chi connectivity index (χ3n) is 1.15. The minimum Gasteiger partial charge on any atom is -0.0917 e. The Labute approximate surface area is 61.2 Å². The van der Waals surface area contributed by atoms with Crippen LogP contribution in [0.15, 0.2) is 12.2 Å². The van der Waals surface area contributed by atoms with Crippen molar-refractivity contribution in [2.24, 2.45) is 0 Å². The van der Waals surface area contributed by atoms with E-state index < -0.39 is 0 Å². The molecule has 0 fully saturated rings. The van der Waals surface area contributed by atoms with E-state index in [-0.39, 0.29) is 0 Å². The van der Waals surface area contributed by atoms with Crippen LogP contribution in [0.2, 0.25) is 12.1 Å². The molecule has 0 aromatic heterocycles. The second kappa shape index (κ2) is 7.96.